The quantitative estimate of drug-likeness (QED) is 0.468. The number of rotatable bonds is 5. The van der Waals surface area contributed by atoms with Crippen LogP contribution in [-0.2, 0) is 0 Å². The SMILES string of the molecule is COc1cccc(-c2ccc3ccc(-n4ccc(C(=O)N5CCC(N(C)C)CC5)n4)n3c2)c1. The number of piperidine rings is 1. The second-order valence-corrected chi connectivity index (χ2v) is 8.77. The van der Waals surface area contributed by atoms with Gasteiger partial charge in [-0.05, 0) is 74.5 Å². The van der Waals surface area contributed by atoms with Gasteiger partial charge in [0.2, 0.25) is 0 Å². The Labute approximate surface area is 193 Å². The third-order valence-electron chi connectivity index (χ3n) is 6.56. The van der Waals surface area contributed by atoms with Gasteiger partial charge in [0.05, 0.1) is 7.11 Å². The lowest BCUT2D eigenvalue weighted by molar-refractivity contribution is 0.0657. The molecule has 0 aliphatic carbocycles. The maximum atomic E-state index is 13.0. The number of pyridine rings is 1. The van der Waals surface area contributed by atoms with Crippen molar-refractivity contribution in [3.8, 4) is 22.7 Å². The maximum absolute atomic E-state index is 13.0. The van der Waals surface area contributed by atoms with E-state index in [9.17, 15) is 4.79 Å². The van der Waals surface area contributed by atoms with Gasteiger partial charge < -0.3 is 18.9 Å². The molecule has 4 heterocycles. The number of carbonyl (C=O) groups is 1. The first-order chi connectivity index (χ1) is 16.0. The number of methoxy groups -OCH3 is 1. The highest BCUT2D eigenvalue weighted by molar-refractivity contribution is 5.92. The molecule has 0 saturated carbocycles. The van der Waals surface area contributed by atoms with Crippen molar-refractivity contribution in [2.45, 2.75) is 18.9 Å². The van der Waals surface area contributed by atoms with Crippen molar-refractivity contribution in [3.05, 3.63) is 72.7 Å². The summed E-state index contributed by atoms with van der Waals surface area (Å²) in [5.74, 6) is 1.72. The first-order valence-corrected chi connectivity index (χ1v) is 11.3. The summed E-state index contributed by atoms with van der Waals surface area (Å²) in [4.78, 5) is 17.2. The Morgan fingerprint density at radius 2 is 1.82 bits per heavy atom. The van der Waals surface area contributed by atoms with E-state index in [-0.39, 0.29) is 5.91 Å². The number of hydrogen-bond donors (Lipinski definition) is 0. The molecule has 1 amide bonds. The summed E-state index contributed by atoms with van der Waals surface area (Å²) >= 11 is 0. The summed E-state index contributed by atoms with van der Waals surface area (Å²) in [7, 11) is 5.88. The van der Waals surface area contributed by atoms with E-state index in [1.807, 2.05) is 41.4 Å². The number of carbonyl (C=O) groups excluding carboxylic acids is 1. The Kier molecular flexibility index (Phi) is 5.64. The molecule has 3 aromatic heterocycles. The van der Waals surface area contributed by atoms with Gasteiger partial charge in [0.15, 0.2) is 5.69 Å². The van der Waals surface area contributed by atoms with Gasteiger partial charge in [0.25, 0.3) is 5.91 Å². The van der Waals surface area contributed by atoms with Crippen molar-refractivity contribution in [1.29, 1.82) is 0 Å². The predicted molar refractivity (Wildman–Crippen MR) is 129 cm³/mol. The smallest absolute Gasteiger partial charge is 0.274 e. The second-order valence-electron chi connectivity index (χ2n) is 8.77. The average Bonchev–Trinajstić information content (AvgIpc) is 3.50. The minimum Gasteiger partial charge on any atom is -0.497 e. The Hall–Kier alpha value is -3.58. The van der Waals surface area contributed by atoms with Gasteiger partial charge in [-0.25, -0.2) is 4.68 Å². The molecule has 0 radical (unpaired) electrons. The molecule has 0 bridgehead atoms. The highest BCUT2D eigenvalue weighted by atomic mass is 16.5. The number of nitrogens with zero attached hydrogens (tertiary/aromatic N) is 5. The molecule has 170 valence electrons. The molecule has 7 heteroatoms. The summed E-state index contributed by atoms with van der Waals surface area (Å²) in [6, 6.07) is 18.6. The lowest BCUT2D eigenvalue weighted by Gasteiger charge is -2.34. The number of likely N-dealkylation sites (tertiary alicyclic amines) is 1. The maximum Gasteiger partial charge on any atom is 0.274 e. The number of aromatic nitrogens is 3. The zero-order chi connectivity index (χ0) is 22.9. The van der Waals surface area contributed by atoms with E-state index in [4.69, 9.17) is 4.74 Å². The molecule has 0 atom stereocenters. The number of ether oxygens (including phenoxy) is 1. The molecule has 1 aliphatic heterocycles. The lowest BCUT2D eigenvalue weighted by Crippen LogP contribution is -2.44. The zero-order valence-electron chi connectivity index (χ0n) is 19.3. The highest BCUT2D eigenvalue weighted by Gasteiger charge is 2.26. The normalized spacial score (nSPS) is 14.8. The van der Waals surface area contributed by atoms with Crippen LogP contribution in [0.15, 0.2) is 67.0 Å². The van der Waals surface area contributed by atoms with Crippen molar-refractivity contribution < 1.29 is 9.53 Å². The molecule has 0 N–H and O–H groups in total. The Balaban J connectivity index is 1.40. The first-order valence-electron chi connectivity index (χ1n) is 11.3. The fraction of sp³-hybridized carbons (Fsp3) is 0.308. The lowest BCUT2D eigenvalue weighted by atomic mass is 10.0. The summed E-state index contributed by atoms with van der Waals surface area (Å²) in [6.07, 6.45) is 5.94. The topological polar surface area (TPSA) is 55.0 Å². The second kappa shape index (κ2) is 8.75. The van der Waals surface area contributed by atoms with E-state index >= 15 is 0 Å². The Morgan fingerprint density at radius 1 is 1.03 bits per heavy atom. The van der Waals surface area contributed by atoms with Crippen molar-refractivity contribution in [3.63, 3.8) is 0 Å². The van der Waals surface area contributed by atoms with E-state index in [0.29, 0.717) is 11.7 Å². The van der Waals surface area contributed by atoms with Crippen LogP contribution < -0.4 is 4.74 Å². The van der Waals surface area contributed by atoms with E-state index < -0.39 is 0 Å². The van der Waals surface area contributed by atoms with Gasteiger partial charge >= 0.3 is 0 Å². The molecule has 33 heavy (non-hydrogen) atoms. The Morgan fingerprint density at radius 3 is 2.58 bits per heavy atom. The summed E-state index contributed by atoms with van der Waals surface area (Å²) in [5.41, 5.74) is 3.70. The van der Waals surface area contributed by atoms with Crippen LogP contribution in [0, 0.1) is 0 Å². The van der Waals surface area contributed by atoms with Crippen LogP contribution in [0.5, 0.6) is 5.75 Å². The molecular weight excluding hydrogens is 414 g/mol. The number of amides is 1. The number of hydrogen-bond acceptors (Lipinski definition) is 4. The van der Waals surface area contributed by atoms with Crippen LogP contribution in [0.1, 0.15) is 23.3 Å². The molecule has 0 spiro atoms. The van der Waals surface area contributed by atoms with Crippen molar-refractivity contribution in [2.75, 3.05) is 34.3 Å². The molecular formula is C26H29N5O2. The van der Waals surface area contributed by atoms with E-state index in [0.717, 1.165) is 54.1 Å². The molecule has 7 nitrogen and oxygen atoms in total. The first kappa shape index (κ1) is 21.3. The van der Waals surface area contributed by atoms with Gasteiger partial charge in [-0.2, -0.15) is 5.10 Å². The molecule has 1 aromatic carbocycles. The van der Waals surface area contributed by atoms with Crippen molar-refractivity contribution in [2.24, 2.45) is 0 Å². The number of fused-ring (bicyclic) bond motifs is 1. The third-order valence-corrected chi connectivity index (χ3v) is 6.56. The molecule has 1 saturated heterocycles. The molecule has 5 rings (SSSR count). The molecule has 0 unspecified atom stereocenters. The van der Waals surface area contributed by atoms with E-state index in [1.165, 1.54) is 0 Å². The van der Waals surface area contributed by atoms with Crippen LogP contribution in [-0.4, -0.2) is 70.2 Å². The van der Waals surface area contributed by atoms with Gasteiger partial charge in [0, 0.05) is 37.0 Å². The van der Waals surface area contributed by atoms with Crippen LogP contribution in [0.4, 0.5) is 0 Å². The van der Waals surface area contributed by atoms with Crippen LogP contribution >= 0.6 is 0 Å². The van der Waals surface area contributed by atoms with Crippen LogP contribution in [0.3, 0.4) is 0 Å². The average molecular weight is 444 g/mol. The summed E-state index contributed by atoms with van der Waals surface area (Å²) < 4.78 is 9.25. The van der Waals surface area contributed by atoms with Gasteiger partial charge in [-0.1, -0.05) is 18.2 Å². The Bertz CT molecular complexity index is 1280. The minimum atomic E-state index is 0.00360. The summed E-state index contributed by atoms with van der Waals surface area (Å²) in [6.45, 7) is 1.54. The zero-order valence-corrected chi connectivity index (χ0v) is 19.3. The van der Waals surface area contributed by atoms with Crippen molar-refractivity contribution >= 4 is 11.4 Å². The van der Waals surface area contributed by atoms with Gasteiger partial charge in [-0.15, -0.1) is 0 Å². The van der Waals surface area contributed by atoms with Gasteiger partial charge in [0.1, 0.15) is 11.6 Å². The number of benzene rings is 1. The minimum absolute atomic E-state index is 0.00360. The van der Waals surface area contributed by atoms with Crippen LogP contribution in [0.2, 0.25) is 0 Å². The predicted octanol–water partition coefficient (Wildman–Crippen LogP) is 3.97. The third kappa shape index (κ3) is 4.12. The van der Waals surface area contributed by atoms with E-state index in [2.05, 4.69) is 59.0 Å². The molecule has 1 fully saturated rings. The molecule has 4 aromatic rings. The van der Waals surface area contributed by atoms with Crippen LogP contribution in [0.25, 0.3) is 22.5 Å². The van der Waals surface area contributed by atoms with E-state index in [1.54, 1.807) is 11.8 Å². The largest absolute Gasteiger partial charge is 0.497 e. The fourth-order valence-electron chi connectivity index (χ4n) is 4.56. The fourth-order valence-corrected chi connectivity index (χ4v) is 4.56. The molecule has 1 aliphatic rings. The van der Waals surface area contributed by atoms with Crippen molar-refractivity contribution in [1.82, 2.24) is 24.0 Å². The summed E-state index contributed by atoms with van der Waals surface area (Å²) in [5, 5.41) is 4.64. The standard InChI is InChI=1S/C26H29N5O2/c1-28(2)21-11-14-29(15-12-21)26(32)24-13-16-31(27-24)25-10-9-22-8-7-20(18-30(22)25)19-5-4-6-23(17-19)33-3/h4-10,13,16-18,21H,11-12,14-15H2,1-3H3. The monoisotopic (exact) mass is 443 g/mol. The highest BCUT2D eigenvalue weighted by Crippen LogP contribution is 2.26. The van der Waals surface area contributed by atoms with Gasteiger partial charge in [-0.3, -0.25) is 4.79 Å².